The molecule has 4 heteroatoms. The Kier molecular flexibility index (Phi) is 13.0. The van der Waals surface area contributed by atoms with E-state index in [1.807, 2.05) is 13.8 Å². The summed E-state index contributed by atoms with van der Waals surface area (Å²) in [7, 11) is 0. The molecule has 2 atom stereocenters. The molecule has 76 valence electrons. The summed E-state index contributed by atoms with van der Waals surface area (Å²) in [5, 5.41) is 12.0. The molecule has 1 rings (SSSR count). The van der Waals surface area contributed by atoms with E-state index < -0.39 is 0 Å². The zero-order valence-corrected chi connectivity index (χ0v) is 8.25. The van der Waals surface area contributed by atoms with Gasteiger partial charge in [-0.15, -0.1) is 0 Å². The molecule has 2 unspecified atom stereocenters. The van der Waals surface area contributed by atoms with Gasteiger partial charge in [0.05, 0.1) is 0 Å². The Bertz CT molecular complexity index is 81.5. The van der Waals surface area contributed by atoms with E-state index in [-0.39, 0.29) is 0 Å². The minimum atomic E-state index is 0.602. The predicted molar refractivity (Wildman–Crippen MR) is 50.7 cm³/mol. The van der Waals surface area contributed by atoms with Crippen LogP contribution in [0, 0.1) is 5.92 Å². The van der Waals surface area contributed by atoms with Crippen molar-refractivity contribution in [2.45, 2.75) is 46.1 Å². The number of hydrogen-bond donors (Lipinski definition) is 4. The average Bonchev–Trinajstić information content (AvgIpc) is 2.58. The lowest BCUT2D eigenvalue weighted by Crippen LogP contribution is -2.32. The summed E-state index contributed by atoms with van der Waals surface area (Å²) in [6, 6.07) is 0.602. The third kappa shape index (κ3) is 6.54. The molecule has 1 fully saturated rings. The molecule has 0 aliphatic heterocycles. The summed E-state index contributed by atoms with van der Waals surface area (Å²) in [5.41, 5.74) is 2.79. The van der Waals surface area contributed by atoms with Gasteiger partial charge in [0.2, 0.25) is 0 Å². The van der Waals surface area contributed by atoms with Crippen molar-refractivity contribution in [2.75, 3.05) is 0 Å². The minimum absolute atomic E-state index is 0.602. The lowest BCUT2D eigenvalue weighted by molar-refractivity contribution is -0.176. The van der Waals surface area contributed by atoms with E-state index in [4.69, 9.17) is 16.4 Å². The minimum Gasteiger partial charge on any atom is -0.271 e. The molecule has 0 aromatic carbocycles. The second kappa shape index (κ2) is 10.8. The second-order valence-electron chi connectivity index (χ2n) is 2.78. The SMILES string of the molecule is CC.CC1CCC(NN)C1.OO. The first kappa shape index (κ1) is 14.4. The Hall–Kier alpha value is -0.160. The Morgan fingerprint density at radius 1 is 1.25 bits per heavy atom. The van der Waals surface area contributed by atoms with Crippen LogP contribution in [0.1, 0.15) is 40.0 Å². The highest BCUT2D eigenvalue weighted by atomic mass is 17.0. The number of hydrogen-bond acceptors (Lipinski definition) is 4. The van der Waals surface area contributed by atoms with Gasteiger partial charge in [0.1, 0.15) is 0 Å². The van der Waals surface area contributed by atoms with Crippen molar-refractivity contribution in [3.63, 3.8) is 0 Å². The highest BCUT2D eigenvalue weighted by Gasteiger charge is 2.18. The van der Waals surface area contributed by atoms with Crippen molar-refractivity contribution in [1.29, 1.82) is 0 Å². The molecule has 0 radical (unpaired) electrons. The molecular formula is C8H22N2O2. The fourth-order valence-corrected chi connectivity index (χ4v) is 1.36. The Balaban J connectivity index is 0. The van der Waals surface area contributed by atoms with Gasteiger partial charge in [0, 0.05) is 6.04 Å². The van der Waals surface area contributed by atoms with Crippen LogP contribution in [0.2, 0.25) is 0 Å². The number of hydrazine groups is 1. The van der Waals surface area contributed by atoms with Crippen molar-refractivity contribution in [2.24, 2.45) is 11.8 Å². The van der Waals surface area contributed by atoms with Gasteiger partial charge in [-0.3, -0.25) is 21.8 Å². The molecule has 1 saturated carbocycles. The lowest BCUT2D eigenvalue weighted by atomic mass is 10.1. The van der Waals surface area contributed by atoms with Crippen molar-refractivity contribution < 1.29 is 10.5 Å². The number of nitrogens with one attached hydrogen (secondary N) is 1. The highest BCUT2D eigenvalue weighted by molar-refractivity contribution is 4.75. The normalized spacial score (nSPS) is 26.5. The largest absolute Gasteiger partial charge is 0.271 e. The quantitative estimate of drug-likeness (QED) is 0.280. The van der Waals surface area contributed by atoms with E-state index in [1.54, 1.807) is 0 Å². The van der Waals surface area contributed by atoms with Crippen LogP contribution in [-0.2, 0) is 0 Å². The van der Waals surface area contributed by atoms with Crippen molar-refractivity contribution in [1.82, 2.24) is 5.43 Å². The molecule has 0 aromatic rings. The first-order chi connectivity index (χ1) is 5.83. The van der Waals surface area contributed by atoms with Crippen molar-refractivity contribution >= 4 is 0 Å². The first-order valence-corrected chi connectivity index (χ1v) is 4.49. The van der Waals surface area contributed by atoms with Gasteiger partial charge in [-0.2, -0.15) is 0 Å². The van der Waals surface area contributed by atoms with E-state index in [0.29, 0.717) is 6.04 Å². The third-order valence-electron chi connectivity index (χ3n) is 1.93. The molecular weight excluding hydrogens is 156 g/mol. The fourth-order valence-electron chi connectivity index (χ4n) is 1.36. The molecule has 0 saturated heterocycles. The monoisotopic (exact) mass is 178 g/mol. The Labute approximate surface area is 74.7 Å². The van der Waals surface area contributed by atoms with E-state index in [1.165, 1.54) is 19.3 Å². The van der Waals surface area contributed by atoms with Crippen LogP contribution >= 0.6 is 0 Å². The van der Waals surface area contributed by atoms with Gasteiger partial charge >= 0.3 is 0 Å². The number of rotatable bonds is 1. The molecule has 0 spiro atoms. The standard InChI is InChI=1S/C6H14N2.C2H6.H2O2/c1-5-2-3-6(4-5)8-7;2*1-2/h5-6,8H,2-4,7H2,1H3;1-2H3;1-2H. The summed E-state index contributed by atoms with van der Waals surface area (Å²) in [5.74, 6) is 6.13. The van der Waals surface area contributed by atoms with E-state index in [9.17, 15) is 0 Å². The number of nitrogens with two attached hydrogens (primary N) is 1. The van der Waals surface area contributed by atoms with Gasteiger partial charge in [-0.1, -0.05) is 20.8 Å². The third-order valence-corrected chi connectivity index (χ3v) is 1.93. The second-order valence-corrected chi connectivity index (χ2v) is 2.78. The van der Waals surface area contributed by atoms with Gasteiger partial charge < -0.3 is 0 Å². The highest BCUT2D eigenvalue weighted by Crippen LogP contribution is 2.23. The van der Waals surface area contributed by atoms with Gasteiger partial charge in [0.25, 0.3) is 0 Å². The molecule has 0 amide bonds. The van der Waals surface area contributed by atoms with Crippen LogP contribution in [0.4, 0.5) is 0 Å². The van der Waals surface area contributed by atoms with Crippen LogP contribution in [0.25, 0.3) is 0 Å². The van der Waals surface area contributed by atoms with Crippen LogP contribution in [0.3, 0.4) is 0 Å². The van der Waals surface area contributed by atoms with Crippen LogP contribution < -0.4 is 11.3 Å². The molecule has 12 heavy (non-hydrogen) atoms. The van der Waals surface area contributed by atoms with E-state index >= 15 is 0 Å². The summed E-state index contributed by atoms with van der Waals surface area (Å²) in [6.07, 6.45) is 3.86. The summed E-state index contributed by atoms with van der Waals surface area (Å²) in [4.78, 5) is 0. The summed E-state index contributed by atoms with van der Waals surface area (Å²) >= 11 is 0. The van der Waals surface area contributed by atoms with E-state index in [0.717, 1.165) is 5.92 Å². The zero-order valence-electron chi connectivity index (χ0n) is 8.25. The smallest absolute Gasteiger partial charge is 0.0213 e. The fraction of sp³-hybridized carbons (Fsp3) is 1.00. The maximum absolute atomic E-state index is 6.00. The molecule has 0 heterocycles. The van der Waals surface area contributed by atoms with Crippen molar-refractivity contribution in [3.8, 4) is 0 Å². The predicted octanol–water partition coefficient (Wildman–Crippen LogP) is 1.68. The van der Waals surface area contributed by atoms with Crippen LogP contribution in [0.15, 0.2) is 0 Å². The average molecular weight is 178 g/mol. The Morgan fingerprint density at radius 3 is 1.92 bits per heavy atom. The van der Waals surface area contributed by atoms with Gasteiger partial charge in [0.15, 0.2) is 0 Å². The van der Waals surface area contributed by atoms with Gasteiger partial charge in [-0.25, -0.2) is 0 Å². The molecule has 1 aliphatic rings. The summed E-state index contributed by atoms with van der Waals surface area (Å²) < 4.78 is 0. The molecule has 0 aromatic heterocycles. The topological polar surface area (TPSA) is 78.5 Å². The molecule has 5 N–H and O–H groups in total. The molecule has 0 bridgehead atoms. The zero-order chi connectivity index (χ0) is 9.98. The van der Waals surface area contributed by atoms with Crippen LogP contribution in [-0.4, -0.2) is 16.6 Å². The Morgan fingerprint density at radius 2 is 1.75 bits per heavy atom. The maximum atomic E-state index is 6.00. The van der Waals surface area contributed by atoms with E-state index in [2.05, 4.69) is 12.3 Å². The molecule has 4 nitrogen and oxygen atoms in total. The van der Waals surface area contributed by atoms with Crippen molar-refractivity contribution in [3.05, 3.63) is 0 Å². The molecule has 1 aliphatic carbocycles. The summed E-state index contributed by atoms with van der Waals surface area (Å²) in [6.45, 7) is 6.28. The lowest BCUT2D eigenvalue weighted by Gasteiger charge is -2.04. The maximum Gasteiger partial charge on any atom is 0.0213 e. The first-order valence-electron chi connectivity index (χ1n) is 4.49. The van der Waals surface area contributed by atoms with Gasteiger partial charge in [-0.05, 0) is 25.2 Å². The van der Waals surface area contributed by atoms with Crippen LogP contribution in [0.5, 0.6) is 0 Å².